The molecule has 0 amide bonds. The van der Waals surface area contributed by atoms with Crippen molar-refractivity contribution >= 4 is 16.6 Å². The van der Waals surface area contributed by atoms with Crippen molar-refractivity contribution in [2.45, 2.75) is 40.0 Å². The summed E-state index contributed by atoms with van der Waals surface area (Å²) in [7, 11) is 0. The van der Waals surface area contributed by atoms with E-state index < -0.39 is 0 Å². The second-order valence-electron chi connectivity index (χ2n) is 6.41. The van der Waals surface area contributed by atoms with E-state index in [9.17, 15) is 4.79 Å². The Kier molecular flexibility index (Phi) is 4.04. The minimum atomic E-state index is 0.0931. The summed E-state index contributed by atoms with van der Waals surface area (Å²) < 4.78 is 0. The van der Waals surface area contributed by atoms with Crippen LogP contribution in [0.15, 0.2) is 42.5 Å². The first-order valence-electron chi connectivity index (χ1n) is 6.94. The van der Waals surface area contributed by atoms with E-state index >= 15 is 0 Å². The van der Waals surface area contributed by atoms with Gasteiger partial charge >= 0.3 is 0 Å². The molecule has 0 saturated carbocycles. The van der Waals surface area contributed by atoms with Gasteiger partial charge in [-0.15, -0.1) is 0 Å². The highest BCUT2D eigenvalue weighted by Gasteiger charge is 2.15. The van der Waals surface area contributed by atoms with E-state index in [4.69, 9.17) is 0 Å². The van der Waals surface area contributed by atoms with E-state index in [0.717, 1.165) is 6.42 Å². The molecule has 2 rings (SSSR count). The molecule has 1 nitrogen and oxygen atoms in total. The molecule has 0 fully saturated rings. The number of Topliss-reactive ketones (excluding diaryl/α,β-unsaturated/α-hetero) is 1. The Morgan fingerprint density at radius 3 is 2.42 bits per heavy atom. The standard InChI is InChI=1S/C18H22O/c1-18(2,3)13-16(19)12-11-15-9-6-8-14-7-4-5-10-17(14)15/h4-10H,11-13H2,1-3H3. The van der Waals surface area contributed by atoms with Crippen LogP contribution in [0.2, 0.25) is 0 Å². The minimum Gasteiger partial charge on any atom is -0.300 e. The van der Waals surface area contributed by atoms with Crippen LogP contribution in [0.3, 0.4) is 0 Å². The lowest BCUT2D eigenvalue weighted by Crippen LogP contribution is -2.13. The molecule has 19 heavy (non-hydrogen) atoms. The van der Waals surface area contributed by atoms with Gasteiger partial charge < -0.3 is 0 Å². The lowest BCUT2D eigenvalue weighted by atomic mass is 9.88. The molecule has 0 atom stereocenters. The molecule has 0 aromatic heterocycles. The van der Waals surface area contributed by atoms with Crippen LogP contribution in [0.4, 0.5) is 0 Å². The number of hydrogen-bond donors (Lipinski definition) is 0. The number of carbonyl (C=O) groups excluding carboxylic acids is 1. The molecule has 100 valence electrons. The van der Waals surface area contributed by atoms with Crippen molar-refractivity contribution in [3.05, 3.63) is 48.0 Å². The summed E-state index contributed by atoms with van der Waals surface area (Å²) in [4.78, 5) is 12.0. The van der Waals surface area contributed by atoms with Crippen molar-refractivity contribution in [3.63, 3.8) is 0 Å². The predicted molar refractivity (Wildman–Crippen MR) is 81.3 cm³/mol. The number of fused-ring (bicyclic) bond motifs is 1. The average molecular weight is 254 g/mol. The van der Waals surface area contributed by atoms with E-state index in [0.29, 0.717) is 18.6 Å². The van der Waals surface area contributed by atoms with Gasteiger partial charge in [0.05, 0.1) is 0 Å². The molecule has 2 aromatic carbocycles. The van der Waals surface area contributed by atoms with Crippen LogP contribution in [0.25, 0.3) is 10.8 Å². The molecule has 1 heteroatoms. The first kappa shape index (κ1) is 13.8. The lowest BCUT2D eigenvalue weighted by molar-refractivity contribution is -0.120. The SMILES string of the molecule is CC(C)(C)CC(=O)CCc1cccc2ccccc12. The molecule has 0 radical (unpaired) electrons. The van der Waals surface area contributed by atoms with Crippen molar-refractivity contribution in [1.82, 2.24) is 0 Å². The summed E-state index contributed by atoms with van der Waals surface area (Å²) in [5, 5.41) is 2.52. The zero-order valence-electron chi connectivity index (χ0n) is 12.1. The predicted octanol–water partition coefficient (Wildman–Crippen LogP) is 4.78. The van der Waals surface area contributed by atoms with Crippen LogP contribution in [-0.4, -0.2) is 5.78 Å². The quantitative estimate of drug-likeness (QED) is 0.767. The third kappa shape index (κ3) is 3.92. The maximum atomic E-state index is 12.0. The summed E-state index contributed by atoms with van der Waals surface area (Å²) in [5.74, 6) is 0.362. The molecule has 0 saturated heterocycles. The fraction of sp³-hybridized carbons (Fsp3) is 0.389. The first-order chi connectivity index (χ1) is 8.96. The number of hydrogen-bond acceptors (Lipinski definition) is 1. The third-order valence-corrected chi connectivity index (χ3v) is 3.28. The maximum Gasteiger partial charge on any atom is 0.133 e. The molecule has 0 spiro atoms. The van der Waals surface area contributed by atoms with Crippen LogP contribution < -0.4 is 0 Å². The van der Waals surface area contributed by atoms with Crippen LogP contribution in [0.1, 0.15) is 39.2 Å². The van der Waals surface area contributed by atoms with Crippen LogP contribution in [-0.2, 0) is 11.2 Å². The van der Waals surface area contributed by atoms with Gasteiger partial charge in [-0.25, -0.2) is 0 Å². The second-order valence-corrected chi connectivity index (χ2v) is 6.41. The van der Waals surface area contributed by atoms with Crippen molar-refractivity contribution in [2.24, 2.45) is 5.41 Å². The monoisotopic (exact) mass is 254 g/mol. The minimum absolute atomic E-state index is 0.0931. The van der Waals surface area contributed by atoms with Crippen LogP contribution >= 0.6 is 0 Å². The van der Waals surface area contributed by atoms with Crippen molar-refractivity contribution < 1.29 is 4.79 Å². The molecule has 0 aliphatic rings. The van der Waals surface area contributed by atoms with Crippen LogP contribution in [0.5, 0.6) is 0 Å². The van der Waals surface area contributed by atoms with Gasteiger partial charge in [0.25, 0.3) is 0 Å². The fourth-order valence-corrected chi connectivity index (χ4v) is 2.46. The molecule has 0 bridgehead atoms. The molecule has 0 heterocycles. The number of rotatable bonds is 4. The number of benzene rings is 2. The number of aryl methyl sites for hydroxylation is 1. The molecule has 0 N–H and O–H groups in total. The van der Waals surface area contributed by atoms with E-state index in [1.807, 2.05) is 0 Å². The zero-order chi connectivity index (χ0) is 13.9. The van der Waals surface area contributed by atoms with Gasteiger partial charge in [-0.1, -0.05) is 63.2 Å². The number of ketones is 1. The highest BCUT2D eigenvalue weighted by Crippen LogP contribution is 2.22. The summed E-state index contributed by atoms with van der Waals surface area (Å²) in [6, 6.07) is 14.7. The van der Waals surface area contributed by atoms with E-state index in [1.165, 1.54) is 16.3 Å². The Hall–Kier alpha value is -1.63. The van der Waals surface area contributed by atoms with Gasteiger partial charge in [0.2, 0.25) is 0 Å². The van der Waals surface area contributed by atoms with Gasteiger partial charge in [-0.3, -0.25) is 4.79 Å². The Morgan fingerprint density at radius 1 is 1.00 bits per heavy atom. The maximum absolute atomic E-state index is 12.0. The van der Waals surface area contributed by atoms with Crippen LogP contribution in [0, 0.1) is 5.41 Å². The van der Waals surface area contributed by atoms with Gasteiger partial charge in [0, 0.05) is 12.8 Å². The Morgan fingerprint density at radius 2 is 1.68 bits per heavy atom. The van der Waals surface area contributed by atoms with Gasteiger partial charge in [-0.2, -0.15) is 0 Å². The van der Waals surface area contributed by atoms with Gasteiger partial charge in [-0.05, 0) is 28.2 Å². The van der Waals surface area contributed by atoms with Crippen molar-refractivity contribution in [3.8, 4) is 0 Å². The zero-order valence-corrected chi connectivity index (χ0v) is 12.1. The number of carbonyl (C=O) groups is 1. The van der Waals surface area contributed by atoms with Crippen molar-refractivity contribution in [2.75, 3.05) is 0 Å². The third-order valence-electron chi connectivity index (χ3n) is 3.28. The van der Waals surface area contributed by atoms with Gasteiger partial charge in [0.15, 0.2) is 0 Å². The summed E-state index contributed by atoms with van der Waals surface area (Å²) in [5.41, 5.74) is 1.37. The van der Waals surface area contributed by atoms with E-state index in [2.05, 4.69) is 63.2 Å². The molecule has 0 aliphatic carbocycles. The van der Waals surface area contributed by atoms with Crippen molar-refractivity contribution in [1.29, 1.82) is 0 Å². The highest BCUT2D eigenvalue weighted by molar-refractivity contribution is 5.86. The Bertz CT molecular complexity index is 570. The smallest absolute Gasteiger partial charge is 0.133 e. The fourth-order valence-electron chi connectivity index (χ4n) is 2.46. The normalized spacial score (nSPS) is 11.7. The lowest BCUT2D eigenvalue weighted by Gasteiger charge is -2.16. The molecule has 0 unspecified atom stereocenters. The summed E-state index contributed by atoms with van der Waals surface area (Å²) in [6.07, 6.45) is 2.15. The first-order valence-corrected chi connectivity index (χ1v) is 6.94. The van der Waals surface area contributed by atoms with E-state index in [-0.39, 0.29) is 5.41 Å². The molecular weight excluding hydrogens is 232 g/mol. The summed E-state index contributed by atoms with van der Waals surface area (Å²) >= 11 is 0. The molecule has 2 aromatic rings. The van der Waals surface area contributed by atoms with E-state index in [1.54, 1.807) is 0 Å². The second kappa shape index (κ2) is 5.56. The van der Waals surface area contributed by atoms with Gasteiger partial charge in [0.1, 0.15) is 5.78 Å². The Balaban J connectivity index is 2.08. The Labute approximate surface area is 115 Å². The topological polar surface area (TPSA) is 17.1 Å². The average Bonchev–Trinajstić information content (AvgIpc) is 2.34. The molecule has 0 aliphatic heterocycles. The molecular formula is C18H22O. The highest BCUT2D eigenvalue weighted by atomic mass is 16.1. The largest absolute Gasteiger partial charge is 0.300 e. The summed E-state index contributed by atoms with van der Waals surface area (Å²) in [6.45, 7) is 6.34.